The molecule has 0 heterocycles. The molecule has 62 valence electrons. The monoisotopic (exact) mass is 168 g/mol. The summed E-state index contributed by atoms with van der Waals surface area (Å²) in [5, 5.41) is 10.6. The van der Waals surface area contributed by atoms with Crippen molar-refractivity contribution in [1.29, 1.82) is 5.26 Å². The molecule has 1 aromatic carbocycles. The highest BCUT2D eigenvalue weighted by atomic mass is 19.1. The number of rotatable bonds is 2. The molecule has 1 N–H and O–H groups in total. The van der Waals surface area contributed by atoms with Gasteiger partial charge in [0.25, 0.3) is 0 Å². The molecule has 0 saturated carbocycles. The van der Waals surface area contributed by atoms with E-state index in [2.05, 4.69) is 5.32 Å². The molecule has 0 saturated heterocycles. The van der Waals surface area contributed by atoms with E-state index in [4.69, 9.17) is 5.26 Å². The molecule has 0 aliphatic heterocycles. The Morgan fingerprint density at radius 1 is 1.42 bits per heavy atom. The largest absolute Gasteiger partial charge is 0.370 e. The van der Waals surface area contributed by atoms with Crippen LogP contribution in [0.5, 0.6) is 0 Å². The average molecular weight is 168 g/mol. The summed E-state index contributed by atoms with van der Waals surface area (Å²) in [6.07, 6.45) is 0. The molecule has 1 aromatic rings. The van der Waals surface area contributed by atoms with Gasteiger partial charge in [-0.25, -0.2) is 8.78 Å². The van der Waals surface area contributed by atoms with Gasteiger partial charge in [-0.15, -0.1) is 0 Å². The van der Waals surface area contributed by atoms with Crippen LogP contribution in [0.15, 0.2) is 18.2 Å². The summed E-state index contributed by atoms with van der Waals surface area (Å²) in [5.74, 6) is -1.09. The molecule has 0 aliphatic carbocycles. The van der Waals surface area contributed by atoms with Gasteiger partial charge < -0.3 is 5.32 Å². The van der Waals surface area contributed by atoms with Gasteiger partial charge >= 0.3 is 0 Å². The minimum Gasteiger partial charge on any atom is -0.370 e. The Kier molecular flexibility index (Phi) is 2.59. The SMILES string of the molecule is N#CCNc1cc(F)ccc1F. The van der Waals surface area contributed by atoms with Crippen LogP contribution in [0.3, 0.4) is 0 Å². The minimum absolute atomic E-state index is 0.0107. The van der Waals surface area contributed by atoms with Crippen LogP contribution in [0.2, 0.25) is 0 Å². The summed E-state index contributed by atoms with van der Waals surface area (Å²) in [4.78, 5) is 0. The summed E-state index contributed by atoms with van der Waals surface area (Å²) in [5.41, 5.74) is 0.0107. The van der Waals surface area contributed by atoms with Crippen LogP contribution in [-0.4, -0.2) is 6.54 Å². The maximum Gasteiger partial charge on any atom is 0.146 e. The molecular formula is C8H6F2N2. The van der Waals surface area contributed by atoms with Crippen molar-refractivity contribution in [3.05, 3.63) is 29.8 Å². The molecule has 0 radical (unpaired) electrons. The number of benzene rings is 1. The summed E-state index contributed by atoms with van der Waals surface area (Å²) < 4.78 is 25.2. The molecule has 0 unspecified atom stereocenters. The minimum atomic E-state index is -0.563. The van der Waals surface area contributed by atoms with E-state index >= 15 is 0 Å². The third-order valence-corrected chi connectivity index (χ3v) is 1.29. The maximum absolute atomic E-state index is 12.8. The van der Waals surface area contributed by atoms with Gasteiger partial charge in [-0.05, 0) is 18.2 Å². The van der Waals surface area contributed by atoms with E-state index in [-0.39, 0.29) is 12.2 Å². The lowest BCUT2D eigenvalue weighted by atomic mass is 10.3. The molecule has 0 fully saturated rings. The zero-order valence-electron chi connectivity index (χ0n) is 6.14. The fraction of sp³-hybridized carbons (Fsp3) is 0.125. The van der Waals surface area contributed by atoms with Crippen molar-refractivity contribution < 1.29 is 8.78 Å². The summed E-state index contributed by atoms with van der Waals surface area (Å²) in [6, 6.07) is 4.80. The average Bonchev–Trinajstić information content (AvgIpc) is 2.07. The van der Waals surface area contributed by atoms with Crippen molar-refractivity contribution in [2.45, 2.75) is 0 Å². The highest BCUT2D eigenvalue weighted by Crippen LogP contribution is 2.14. The summed E-state index contributed by atoms with van der Waals surface area (Å²) in [6.45, 7) is -0.0413. The number of halogens is 2. The topological polar surface area (TPSA) is 35.8 Å². The van der Waals surface area contributed by atoms with Crippen molar-refractivity contribution in [2.75, 3.05) is 11.9 Å². The third-order valence-electron chi connectivity index (χ3n) is 1.29. The molecule has 0 amide bonds. The first kappa shape index (κ1) is 8.47. The summed E-state index contributed by atoms with van der Waals surface area (Å²) in [7, 11) is 0. The fourth-order valence-electron chi connectivity index (χ4n) is 0.768. The van der Waals surface area contributed by atoms with Crippen LogP contribution in [0.1, 0.15) is 0 Å². The molecular weight excluding hydrogens is 162 g/mol. The number of hydrogen-bond donors (Lipinski definition) is 1. The Morgan fingerprint density at radius 2 is 2.17 bits per heavy atom. The quantitative estimate of drug-likeness (QED) is 0.684. The first-order chi connectivity index (χ1) is 5.74. The van der Waals surface area contributed by atoms with Gasteiger partial charge in [0, 0.05) is 0 Å². The van der Waals surface area contributed by atoms with Gasteiger partial charge in [-0.1, -0.05) is 0 Å². The number of nitrogens with zero attached hydrogens (tertiary/aromatic N) is 1. The zero-order valence-corrected chi connectivity index (χ0v) is 6.14. The van der Waals surface area contributed by atoms with E-state index in [1.807, 2.05) is 0 Å². The van der Waals surface area contributed by atoms with Crippen LogP contribution >= 0.6 is 0 Å². The van der Waals surface area contributed by atoms with E-state index in [1.54, 1.807) is 6.07 Å². The van der Waals surface area contributed by atoms with Crippen molar-refractivity contribution in [1.82, 2.24) is 0 Å². The molecule has 0 aromatic heterocycles. The van der Waals surface area contributed by atoms with Crippen molar-refractivity contribution in [2.24, 2.45) is 0 Å². The number of hydrogen-bond acceptors (Lipinski definition) is 2. The third kappa shape index (κ3) is 1.92. The van der Waals surface area contributed by atoms with Crippen molar-refractivity contribution in [3.63, 3.8) is 0 Å². The lowest BCUT2D eigenvalue weighted by molar-refractivity contribution is 0.603. The fourth-order valence-corrected chi connectivity index (χ4v) is 0.768. The predicted molar refractivity (Wildman–Crippen MR) is 40.5 cm³/mol. The Hall–Kier alpha value is -1.63. The second kappa shape index (κ2) is 3.67. The molecule has 0 atom stereocenters. The number of nitrogens with one attached hydrogen (secondary N) is 1. The van der Waals surface area contributed by atoms with E-state index in [9.17, 15) is 8.78 Å². The van der Waals surface area contributed by atoms with Crippen LogP contribution in [0.4, 0.5) is 14.5 Å². The predicted octanol–water partition coefficient (Wildman–Crippen LogP) is 1.90. The van der Waals surface area contributed by atoms with Gasteiger partial charge in [0.15, 0.2) is 0 Å². The van der Waals surface area contributed by atoms with Gasteiger partial charge in [0.1, 0.15) is 18.2 Å². The smallest absolute Gasteiger partial charge is 0.146 e. The second-order valence-electron chi connectivity index (χ2n) is 2.14. The normalized spacial score (nSPS) is 9.08. The van der Waals surface area contributed by atoms with Gasteiger partial charge in [-0.3, -0.25) is 0 Å². The summed E-state index contributed by atoms with van der Waals surface area (Å²) >= 11 is 0. The van der Waals surface area contributed by atoms with Gasteiger partial charge in [0.05, 0.1) is 11.8 Å². The number of nitriles is 1. The van der Waals surface area contributed by atoms with E-state index < -0.39 is 11.6 Å². The molecule has 0 bridgehead atoms. The molecule has 12 heavy (non-hydrogen) atoms. The standard InChI is InChI=1S/C8H6F2N2/c9-6-1-2-7(10)8(5-6)12-4-3-11/h1-2,5,12H,4H2. The van der Waals surface area contributed by atoms with Crippen LogP contribution in [0, 0.1) is 23.0 Å². The zero-order chi connectivity index (χ0) is 8.97. The van der Waals surface area contributed by atoms with E-state index in [0.29, 0.717) is 0 Å². The maximum atomic E-state index is 12.8. The second-order valence-corrected chi connectivity index (χ2v) is 2.14. The van der Waals surface area contributed by atoms with E-state index in [0.717, 1.165) is 18.2 Å². The molecule has 0 spiro atoms. The molecule has 2 nitrogen and oxygen atoms in total. The van der Waals surface area contributed by atoms with Crippen LogP contribution in [0.25, 0.3) is 0 Å². The Balaban J connectivity index is 2.84. The lowest BCUT2D eigenvalue weighted by Crippen LogP contribution is -2.00. The Labute approximate surface area is 68.4 Å². The van der Waals surface area contributed by atoms with Crippen molar-refractivity contribution >= 4 is 5.69 Å². The van der Waals surface area contributed by atoms with Crippen LogP contribution in [-0.2, 0) is 0 Å². The highest BCUT2D eigenvalue weighted by Gasteiger charge is 2.01. The molecule has 4 heteroatoms. The first-order valence-corrected chi connectivity index (χ1v) is 3.30. The van der Waals surface area contributed by atoms with Gasteiger partial charge in [0.2, 0.25) is 0 Å². The molecule has 1 rings (SSSR count). The van der Waals surface area contributed by atoms with E-state index in [1.165, 1.54) is 0 Å². The highest BCUT2D eigenvalue weighted by molar-refractivity contribution is 5.45. The molecule has 0 aliphatic rings. The van der Waals surface area contributed by atoms with Crippen molar-refractivity contribution in [3.8, 4) is 6.07 Å². The van der Waals surface area contributed by atoms with Gasteiger partial charge in [-0.2, -0.15) is 5.26 Å². The Bertz CT molecular complexity index is 317. The van der Waals surface area contributed by atoms with Crippen LogP contribution < -0.4 is 5.32 Å². The Morgan fingerprint density at radius 3 is 2.83 bits per heavy atom. The lowest BCUT2D eigenvalue weighted by Gasteiger charge is -2.02. The first-order valence-electron chi connectivity index (χ1n) is 3.30. The number of anilines is 1.